The smallest absolute Gasteiger partial charge is 0.0739 e. The van der Waals surface area contributed by atoms with Crippen LogP contribution in [0.15, 0.2) is 36.5 Å². The fourth-order valence-electron chi connectivity index (χ4n) is 2.49. The Kier molecular flexibility index (Phi) is 4.54. The molecule has 0 fully saturated rings. The second-order valence-corrected chi connectivity index (χ2v) is 5.76. The number of benzene rings is 1. The number of nitrogens with zero attached hydrogens (tertiary/aromatic N) is 1. The Morgan fingerprint density at radius 3 is 2.68 bits per heavy atom. The Balaban J connectivity index is 2.22. The molecule has 0 atom stereocenters. The minimum Gasteiger partial charge on any atom is -0.317 e. The van der Waals surface area contributed by atoms with E-state index < -0.39 is 0 Å². The van der Waals surface area contributed by atoms with E-state index in [1.54, 1.807) is 0 Å². The maximum absolute atomic E-state index is 4.57. The van der Waals surface area contributed by atoms with Crippen molar-refractivity contribution in [2.75, 3.05) is 13.1 Å². The summed E-state index contributed by atoms with van der Waals surface area (Å²) < 4.78 is 0. The molecule has 0 amide bonds. The van der Waals surface area contributed by atoms with Crippen LogP contribution in [0.5, 0.6) is 0 Å². The van der Waals surface area contributed by atoms with Crippen molar-refractivity contribution >= 4 is 10.9 Å². The van der Waals surface area contributed by atoms with Gasteiger partial charge in [-0.1, -0.05) is 45.0 Å². The SMILES string of the molecule is CCCNCCC(C)(C)c1cccc2cccnc12. The van der Waals surface area contributed by atoms with Crippen LogP contribution < -0.4 is 5.32 Å². The van der Waals surface area contributed by atoms with E-state index in [1.807, 2.05) is 12.3 Å². The maximum atomic E-state index is 4.57. The monoisotopic (exact) mass is 256 g/mol. The summed E-state index contributed by atoms with van der Waals surface area (Å²) in [5.41, 5.74) is 2.64. The number of rotatable bonds is 6. The first-order valence-corrected chi connectivity index (χ1v) is 7.20. The molecule has 0 saturated carbocycles. The highest BCUT2D eigenvalue weighted by Crippen LogP contribution is 2.31. The maximum Gasteiger partial charge on any atom is 0.0739 e. The van der Waals surface area contributed by atoms with Crippen molar-refractivity contribution in [2.45, 2.75) is 39.0 Å². The number of para-hydroxylation sites is 1. The third kappa shape index (κ3) is 3.32. The largest absolute Gasteiger partial charge is 0.317 e. The molecule has 0 bridgehead atoms. The first-order valence-electron chi connectivity index (χ1n) is 7.20. The molecule has 102 valence electrons. The first kappa shape index (κ1) is 14.0. The molecule has 0 radical (unpaired) electrons. The van der Waals surface area contributed by atoms with Gasteiger partial charge in [0.05, 0.1) is 5.52 Å². The van der Waals surface area contributed by atoms with Gasteiger partial charge in [-0.25, -0.2) is 0 Å². The van der Waals surface area contributed by atoms with Gasteiger partial charge in [-0.15, -0.1) is 0 Å². The summed E-state index contributed by atoms with van der Waals surface area (Å²) in [5, 5.41) is 4.72. The van der Waals surface area contributed by atoms with Gasteiger partial charge in [-0.3, -0.25) is 4.98 Å². The van der Waals surface area contributed by atoms with Gasteiger partial charge >= 0.3 is 0 Å². The summed E-state index contributed by atoms with van der Waals surface area (Å²) >= 11 is 0. The topological polar surface area (TPSA) is 24.9 Å². The molecule has 0 spiro atoms. The van der Waals surface area contributed by atoms with Crippen LogP contribution in [0.25, 0.3) is 10.9 Å². The van der Waals surface area contributed by atoms with E-state index in [-0.39, 0.29) is 5.41 Å². The van der Waals surface area contributed by atoms with Crippen LogP contribution in [0.2, 0.25) is 0 Å². The van der Waals surface area contributed by atoms with Gasteiger partial charge in [-0.2, -0.15) is 0 Å². The number of pyridine rings is 1. The lowest BCUT2D eigenvalue weighted by Gasteiger charge is -2.26. The quantitative estimate of drug-likeness (QED) is 0.793. The highest BCUT2D eigenvalue weighted by Gasteiger charge is 2.22. The molecule has 2 rings (SSSR count). The highest BCUT2D eigenvalue weighted by atomic mass is 14.8. The molecule has 0 aliphatic carbocycles. The van der Waals surface area contributed by atoms with Crippen molar-refractivity contribution in [3.05, 3.63) is 42.1 Å². The summed E-state index contributed by atoms with van der Waals surface area (Å²) in [4.78, 5) is 4.57. The van der Waals surface area contributed by atoms with Crippen LogP contribution in [0, 0.1) is 0 Å². The molecule has 0 unspecified atom stereocenters. The lowest BCUT2D eigenvalue weighted by atomic mass is 9.80. The Hall–Kier alpha value is -1.41. The fourth-order valence-corrected chi connectivity index (χ4v) is 2.49. The molecular weight excluding hydrogens is 232 g/mol. The number of aromatic nitrogens is 1. The summed E-state index contributed by atoms with van der Waals surface area (Å²) in [7, 11) is 0. The Labute approximate surface area is 116 Å². The Bertz CT molecular complexity index is 526. The zero-order chi connectivity index (χ0) is 13.7. The third-order valence-electron chi connectivity index (χ3n) is 3.72. The molecule has 1 aromatic heterocycles. The predicted octanol–water partition coefficient (Wildman–Crippen LogP) is 3.90. The Morgan fingerprint density at radius 1 is 1.11 bits per heavy atom. The molecule has 1 aromatic carbocycles. The molecule has 2 nitrogen and oxygen atoms in total. The highest BCUT2D eigenvalue weighted by molar-refractivity contribution is 5.82. The van der Waals surface area contributed by atoms with Crippen LogP contribution in [-0.2, 0) is 5.41 Å². The van der Waals surface area contributed by atoms with Crippen molar-refractivity contribution in [3.8, 4) is 0 Å². The lowest BCUT2D eigenvalue weighted by Crippen LogP contribution is -2.26. The average molecular weight is 256 g/mol. The van der Waals surface area contributed by atoms with Crippen LogP contribution in [-0.4, -0.2) is 18.1 Å². The van der Waals surface area contributed by atoms with Crippen molar-refractivity contribution in [2.24, 2.45) is 0 Å². The zero-order valence-corrected chi connectivity index (χ0v) is 12.2. The average Bonchev–Trinajstić information content (AvgIpc) is 2.43. The van der Waals surface area contributed by atoms with Crippen LogP contribution >= 0.6 is 0 Å². The second-order valence-electron chi connectivity index (χ2n) is 5.76. The molecule has 0 aliphatic heterocycles. The molecule has 2 heteroatoms. The van der Waals surface area contributed by atoms with Crippen molar-refractivity contribution in [1.82, 2.24) is 10.3 Å². The standard InChI is InChI=1S/C17H24N2/c1-4-11-18-13-10-17(2,3)15-9-5-7-14-8-6-12-19-16(14)15/h5-9,12,18H,4,10-11,13H2,1-3H3. The normalized spacial score (nSPS) is 11.9. The molecular formula is C17H24N2. The van der Waals surface area contributed by atoms with Gasteiger partial charge in [0.1, 0.15) is 0 Å². The number of nitrogens with one attached hydrogen (secondary N) is 1. The van der Waals surface area contributed by atoms with Crippen molar-refractivity contribution in [3.63, 3.8) is 0 Å². The van der Waals surface area contributed by atoms with Crippen molar-refractivity contribution < 1.29 is 0 Å². The van der Waals surface area contributed by atoms with Gasteiger partial charge in [0.25, 0.3) is 0 Å². The molecule has 19 heavy (non-hydrogen) atoms. The van der Waals surface area contributed by atoms with Gasteiger partial charge < -0.3 is 5.32 Å². The predicted molar refractivity (Wildman–Crippen MR) is 82.5 cm³/mol. The minimum atomic E-state index is 0.147. The van der Waals surface area contributed by atoms with E-state index in [9.17, 15) is 0 Å². The van der Waals surface area contributed by atoms with Crippen LogP contribution in [0.3, 0.4) is 0 Å². The van der Waals surface area contributed by atoms with E-state index in [4.69, 9.17) is 0 Å². The summed E-state index contributed by atoms with van der Waals surface area (Å²) in [5.74, 6) is 0. The molecule has 0 saturated heterocycles. The summed E-state index contributed by atoms with van der Waals surface area (Å²) in [6.45, 7) is 8.98. The number of fused-ring (bicyclic) bond motifs is 1. The van der Waals surface area contributed by atoms with E-state index >= 15 is 0 Å². The molecule has 0 aliphatic rings. The number of hydrogen-bond acceptors (Lipinski definition) is 2. The van der Waals surface area contributed by atoms with E-state index in [0.29, 0.717) is 0 Å². The van der Waals surface area contributed by atoms with Gasteiger partial charge in [0.15, 0.2) is 0 Å². The first-order chi connectivity index (χ1) is 9.15. The van der Waals surface area contributed by atoms with E-state index in [0.717, 1.165) is 25.0 Å². The minimum absolute atomic E-state index is 0.147. The molecule has 1 N–H and O–H groups in total. The second kappa shape index (κ2) is 6.16. The lowest BCUT2D eigenvalue weighted by molar-refractivity contribution is 0.460. The third-order valence-corrected chi connectivity index (χ3v) is 3.72. The fraction of sp³-hybridized carbons (Fsp3) is 0.471. The van der Waals surface area contributed by atoms with E-state index in [2.05, 4.69) is 55.3 Å². The van der Waals surface area contributed by atoms with Crippen LogP contribution in [0.1, 0.15) is 39.2 Å². The summed E-state index contributed by atoms with van der Waals surface area (Å²) in [6.07, 6.45) is 4.20. The van der Waals surface area contributed by atoms with Crippen molar-refractivity contribution in [1.29, 1.82) is 0 Å². The van der Waals surface area contributed by atoms with Gasteiger partial charge in [0, 0.05) is 11.6 Å². The van der Waals surface area contributed by atoms with Gasteiger partial charge in [-0.05, 0) is 43.0 Å². The van der Waals surface area contributed by atoms with Gasteiger partial charge in [0.2, 0.25) is 0 Å². The molecule has 1 heterocycles. The summed E-state index contributed by atoms with van der Waals surface area (Å²) in [6, 6.07) is 10.6. The van der Waals surface area contributed by atoms with E-state index in [1.165, 1.54) is 17.4 Å². The Morgan fingerprint density at radius 2 is 1.89 bits per heavy atom. The zero-order valence-electron chi connectivity index (χ0n) is 12.2. The molecule has 2 aromatic rings. The number of hydrogen-bond donors (Lipinski definition) is 1. The van der Waals surface area contributed by atoms with Crippen LogP contribution in [0.4, 0.5) is 0 Å².